The molecule has 1 fully saturated rings. The molecular formula is C21H22ClNO5S. The summed E-state index contributed by atoms with van der Waals surface area (Å²) in [6.45, 7) is 1.89. The molecule has 1 aromatic heterocycles. The summed E-state index contributed by atoms with van der Waals surface area (Å²) in [5.41, 5.74) is 1.48. The molecule has 0 unspecified atom stereocenters. The summed E-state index contributed by atoms with van der Waals surface area (Å²) in [5, 5.41) is 14.8. The first-order chi connectivity index (χ1) is 13.9. The summed E-state index contributed by atoms with van der Waals surface area (Å²) in [6.07, 6.45) is 2.60. The lowest BCUT2D eigenvalue weighted by Crippen LogP contribution is -2.36. The number of esters is 1. The van der Waals surface area contributed by atoms with Crippen molar-refractivity contribution in [1.82, 2.24) is 0 Å². The molecule has 2 aromatic rings. The Morgan fingerprint density at radius 2 is 1.86 bits per heavy atom. The molecule has 29 heavy (non-hydrogen) atoms. The summed E-state index contributed by atoms with van der Waals surface area (Å²) in [5.74, 6) is -3.23. The number of anilines is 1. The largest absolute Gasteiger partial charge is 0.481 e. The fourth-order valence-corrected chi connectivity index (χ4v) is 4.87. The summed E-state index contributed by atoms with van der Waals surface area (Å²) < 4.78 is 5.19. The molecule has 1 heterocycles. The van der Waals surface area contributed by atoms with Gasteiger partial charge in [0, 0.05) is 21.5 Å². The highest BCUT2D eigenvalue weighted by Crippen LogP contribution is 2.40. The maximum absolute atomic E-state index is 12.9. The van der Waals surface area contributed by atoms with E-state index in [1.54, 1.807) is 30.5 Å². The number of nitrogens with one attached hydrogen (secondary N) is 1. The van der Waals surface area contributed by atoms with Gasteiger partial charge in [0.1, 0.15) is 10.6 Å². The van der Waals surface area contributed by atoms with Gasteiger partial charge in [-0.05, 0) is 25.8 Å². The Labute approximate surface area is 177 Å². The third-order valence-electron chi connectivity index (χ3n) is 5.09. The Balaban J connectivity index is 1.95. The van der Waals surface area contributed by atoms with Crippen molar-refractivity contribution in [2.24, 2.45) is 11.8 Å². The number of halogens is 1. The third-order valence-corrected chi connectivity index (χ3v) is 6.32. The lowest BCUT2D eigenvalue weighted by atomic mass is 9.79. The minimum atomic E-state index is -0.960. The number of benzene rings is 1. The van der Waals surface area contributed by atoms with Crippen LogP contribution in [0.5, 0.6) is 0 Å². The molecule has 1 aliphatic rings. The minimum Gasteiger partial charge on any atom is -0.481 e. The number of aliphatic carboxylic acids is 1. The summed E-state index contributed by atoms with van der Waals surface area (Å²) >= 11 is 7.50. The Bertz CT molecular complexity index is 926. The van der Waals surface area contributed by atoms with Crippen LogP contribution in [0, 0.1) is 11.8 Å². The fourth-order valence-electron chi connectivity index (χ4n) is 3.68. The lowest BCUT2D eigenvalue weighted by molar-refractivity contribution is -0.147. The zero-order chi connectivity index (χ0) is 21.0. The second-order valence-electron chi connectivity index (χ2n) is 6.88. The Hall–Kier alpha value is -2.38. The number of carbonyl (C=O) groups is 3. The molecule has 0 aliphatic heterocycles. The van der Waals surface area contributed by atoms with Crippen molar-refractivity contribution in [2.45, 2.75) is 32.6 Å². The number of amides is 1. The van der Waals surface area contributed by atoms with Gasteiger partial charge in [-0.2, -0.15) is 0 Å². The minimum absolute atomic E-state index is 0.188. The van der Waals surface area contributed by atoms with Gasteiger partial charge < -0.3 is 15.2 Å². The maximum atomic E-state index is 12.9. The highest BCUT2D eigenvalue weighted by molar-refractivity contribution is 7.15. The van der Waals surface area contributed by atoms with Crippen LogP contribution in [0.4, 0.5) is 5.00 Å². The second kappa shape index (κ2) is 9.41. The average Bonchev–Trinajstić information content (AvgIpc) is 3.11. The fraction of sp³-hybridized carbons (Fsp3) is 0.381. The molecule has 1 aliphatic carbocycles. The number of hydrogen-bond acceptors (Lipinski definition) is 5. The number of carboxylic acid groups (broad SMARTS) is 1. The topological polar surface area (TPSA) is 92.7 Å². The monoisotopic (exact) mass is 435 g/mol. The van der Waals surface area contributed by atoms with Gasteiger partial charge in [0.25, 0.3) is 0 Å². The number of carbonyl (C=O) groups excluding carboxylic acids is 2. The molecule has 154 valence electrons. The van der Waals surface area contributed by atoms with Crippen molar-refractivity contribution >= 4 is 45.8 Å². The molecule has 2 N–H and O–H groups in total. The van der Waals surface area contributed by atoms with Gasteiger partial charge in [-0.3, -0.25) is 9.59 Å². The van der Waals surface area contributed by atoms with E-state index in [1.165, 1.54) is 11.3 Å². The van der Waals surface area contributed by atoms with Gasteiger partial charge in [-0.15, -0.1) is 11.3 Å². The van der Waals surface area contributed by atoms with Crippen molar-refractivity contribution < 1.29 is 24.2 Å². The Kier molecular flexibility index (Phi) is 6.92. The van der Waals surface area contributed by atoms with Gasteiger partial charge in [0.2, 0.25) is 5.91 Å². The number of ether oxygens (including phenoxy) is 1. The van der Waals surface area contributed by atoms with Crippen LogP contribution >= 0.6 is 22.9 Å². The quantitative estimate of drug-likeness (QED) is 0.617. The molecule has 1 saturated carbocycles. The van der Waals surface area contributed by atoms with Gasteiger partial charge >= 0.3 is 11.9 Å². The first kappa shape index (κ1) is 21.3. The van der Waals surface area contributed by atoms with E-state index in [0.29, 0.717) is 34.0 Å². The standard InChI is InChI=1S/C21H22ClNO5S/c1-2-28-21(27)17-15(12-7-5-6-10-16(12)22)11-29-19(17)23-18(24)13-8-3-4-9-14(13)20(25)26/h5-7,10-11,13-14H,2-4,8-9H2,1H3,(H,23,24)(H,25,26)/t13-,14-/m1/s1. The number of thiophene rings is 1. The molecule has 1 amide bonds. The summed E-state index contributed by atoms with van der Waals surface area (Å²) in [6, 6.07) is 7.12. The smallest absolute Gasteiger partial charge is 0.341 e. The maximum Gasteiger partial charge on any atom is 0.341 e. The molecular weight excluding hydrogens is 414 g/mol. The SMILES string of the molecule is CCOC(=O)c1c(-c2ccccc2Cl)csc1NC(=O)[C@@H]1CCCC[C@H]1C(=O)O. The van der Waals surface area contributed by atoms with E-state index in [0.717, 1.165) is 12.8 Å². The molecule has 3 rings (SSSR count). The average molecular weight is 436 g/mol. The van der Waals surface area contributed by atoms with Crippen LogP contribution in [0.1, 0.15) is 43.0 Å². The number of carboxylic acids is 1. The van der Waals surface area contributed by atoms with E-state index in [9.17, 15) is 19.5 Å². The van der Waals surface area contributed by atoms with E-state index >= 15 is 0 Å². The molecule has 8 heteroatoms. The van der Waals surface area contributed by atoms with Gasteiger partial charge in [0.15, 0.2) is 0 Å². The van der Waals surface area contributed by atoms with Crippen molar-refractivity contribution in [3.05, 3.63) is 40.2 Å². The summed E-state index contributed by atoms with van der Waals surface area (Å²) in [7, 11) is 0. The third kappa shape index (κ3) is 4.62. The highest BCUT2D eigenvalue weighted by atomic mass is 35.5. The van der Waals surface area contributed by atoms with Gasteiger partial charge in [-0.1, -0.05) is 42.6 Å². The number of rotatable bonds is 6. The van der Waals surface area contributed by atoms with Crippen molar-refractivity contribution in [3.63, 3.8) is 0 Å². The first-order valence-corrected chi connectivity index (χ1v) is 10.8. The molecule has 2 atom stereocenters. The van der Waals surface area contributed by atoms with Crippen molar-refractivity contribution in [2.75, 3.05) is 11.9 Å². The highest BCUT2D eigenvalue weighted by Gasteiger charge is 2.36. The van der Waals surface area contributed by atoms with Crippen LogP contribution in [0.2, 0.25) is 5.02 Å². The van der Waals surface area contributed by atoms with E-state index in [2.05, 4.69) is 5.32 Å². The van der Waals surface area contributed by atoms with Crippen molar-refractivity contribution in [1.29, 1.82) is 0 Å². The van der Waals surface area contributed by atoms with E-state index in [1.807, 2.05) is 6.07 Å². The van der Waals surface area contributed by atoms with Crippen LogP contribution in [-0.4, -0.2) is 29.6 Å². The molecule has 0 bridgehead atoms. The predicted octanol–water partition coefficient (Wildman–Crippen LogP) is 5.07. The zero-order valence-electron chi connectivity index (χ0n) is 15.9. The van der Waals surface area contributed by atoms with E-state index in [4.69, 9.17) is 16.3 Å². The number of hydrogen-bond donors (Lipinski definition) is 2. The molecule has 0 radical (unpaired) electrons. The van der Waals surface area contributed by atoms with Crippen LogP contribution < -0.4 is 5.32 Å². The van der Waals surface area contributed by atoms with Gasteiger partial charge in [-0.25, -0.2) is 4.79 Å². The van der Waals surface area contributed by atoms with Crippen LogP contribution in [0.25, 0.3) is 11.1 Å². The molecule has 0 saturated heterocycles. The predicted molar refractivity (Wildman–Crippen MR) is 112 cm³/mol. The summed E-state index contributed by atoms with van der Waals surface area (Å²) in [4.78, 5) is 37.1. The Morgan fingerprint density at radius 1 is 1.17 bits per heavy atom. The van der Waals surface area contributed by atoms with Gasteiger partial charge in [0.05, 0.1) is 18.4 Å². The van der Waals surface area contributed by atoms with E-state index < -0.39 is 23.8 Å². The molecule has 6 nitrogen and oxygen atoms in total. The molecule has 1 aromatic carbocycles. The van der Waals surface area contributed by atoms with Crippen LogP contribution in [-0.2, 0) is 14.3 Å². The lowest BCUT2D eigenvalue weighted by Gasteiger charge is -2.27. The van der Waals surface area contributed by atoms with Crippen molar-refractivity contribution in [3.8, 4) is 11.1 Å². The van der Waals surface area contributed by atoms with E-state index in [-0.39, 0.29) is 18.1 Å². The van der Waals surface area contributed by atoms with Crippen LogP contribution in [0.15, 0.2) is 29.6 Å². The second-order valence-corrected chi connectivity index (χ2v) is 8.17. The van der Waals surface area contributed by atoms with Crippen LogP contribution in [0.3, 0.4) is 0 Å². The Morgan fingerprint density at radius 3 is 2.52 bits per heavy atom. The first-order valence-electron chi connectivity index (χ1n) is 9.51. The molecule has 0 spiro atoms. The normalized spacial score (nSPS) is 18.8. The zero-order valence-corrected chi connectivity index (χ0v) is 17.5.